The first-order chi connectivity index (χ1) is 6.90. The molecule has 0 saturated heterocycles. The van der Waals surface area contributed by atoms with Crippen LogP contribution in [0.2, 0.25) is 0 Å². The minimum atomic E-state index is 0.321. The predicted octanol–water partition coefficient (Wildman–Crippen LogP) is 0.378. The lowest BCUT2D eigenvalue weighted by molar-refractivity contribution is 0.141. The van der Waals surface area contributed by atoms with Crippen LogP contribution in [0.5, 0.6) is 6.01 Å². The summed E-state index contributed by atoms with van der Waals surface area (Å²) >= 11 is 0. The highest BCUT2D eigenvalue weighted by Crippen LogP contribution is 2.08. The van der Waals surface area contributed by atoms with Crippen LogP contribution in [0.25, 0.3) is 11.2 Å². The Balaban J connectivity index is 2.10. The van der Waals surface area contributed by atoms with Crippen LogP contribution in [0.1, 0.15) is 0 Å². The number of aromatic amines is 1. The van der Waals surface area contributed by atoms with E-state index in [-0.39, 0.29) is 0 Å². The molecule has 0 bridgehead atoms. The number of imidazole rings is 1. The average Bonchev–Trinajstić information content (AvgIpc) is 2.65. The minimum absolute atomic E-state index is 0.321. The summed E-state index contributed by atoms with van der Waals surface area (Å²) in [6.07, 6.45) is 3.20. The zero-order chi connectivity index (χ0) is 9.80. The second-order valence-corrected chi connectivity index (χ2v) is 2.63. The summed E-state index contributed by atoms with van der Waals surface area (Å²) in [6.45, 7) is 0.953. The molecule has 2 rings (SSSR count). The van der Waals surface area contributed by atoms with Crippen LogP contribution >= 0.6 is 0 Å². The van der Waals surface area contributed by atoms with Crippen molar-refractivity contribution < 1.29 is 9.47 Å². The molecule has 0 atom stereocenters. The summed E-state index contributed by atoms with van der Waals surface area (Å²) in [6, 6.07) is 0.321. The average molecular weight is 194 g/mol. The van der Waals surface area contributed by atoms with Crippen LogP contribution in [-0.2, 0) is 4.74 Å². The quantitative estimate of drug-likeness (QED) is 0.712. The standard InChI is InChI=1S/C8H10N4O2/c1-13-2-3-14-8-9-4-6-7(12-8)11-5-10-6/h4-5H,2-3H2,1H3,(H,9,10,11,12). The van der Waals surface area contributed by atoms with Gasteiger partial charge in [-0.15, -0.1) is 0 Å². The van der Waals surface area contributed by atoms with E-state index in [9.17, 15) is 0 Å². The third-order valence-corrected chi connectivity index (χ3v) is 1.67. The maximum absolute atomic E-state index is 5.22. The van der Waals surface area contributed by atoms with E-state index in [0.29, 0.717) is 24.9 Å². The molecule has 0 unspecified atom stereocenters. The summed E-state index contributed by atoms with van der Waals surface area (Å²) in [4.78, 5) is 15.0. The Kier molecular flexibility index (Phi) is 2.55. The SMILES string of the molecule is COCCOc1ncc2[nH]cnc2n1. The summed E-state index contributed by atoms with van der Waals surface area (Å²) in [5, 5.41) is 0. The highest BCUT2D eigenvalue weighted by Gasteiger charge is 2.01. The monoisotopic (exact) mass is 194 g/mol. The van der Waals surface area contributed by atoms with Gasteiger partial charge in [0.05, 0.1) is 19.1 Å². The third kappa shape index (κ3) is 1.80. The fourth-order valence-electron chi connectivity index (χ4n) is 1.01. The number of ether oxygens (including phenoxy) is 2. The van der Waals surface area contributed by atoms with Crippen LogP contribution in [0, 0.1) is 0 Å². The summed E-state index contributed by atoms with van der Waals surface area (Å²) in [7, 11) is 1.61. The van der Waals surface area contributed by atoms with Gasteiger partial charge in [0, 0.05) is 7.11 Å². The van der Waals surface area contributed by atoms with Gasteiger partial charge in [-0.3, -0.25) is 0 Å². The van der Waals surface area contributed by atoms with E-state index in [4.69, 9.17) is 9.47 Å². The van der Waals surface area contributed by atoms with Crippen LogP contribution in [0.3, 0.4) is 0 Å². The number of hydrogen-bond acceptors (Lipinski definition) is 5. The molecule has 6 heteroatoms. The number of fused-ring (bicyclic) bond motifs is 1. The van der Waals surface area contributed by atoms with Crippen molar-refractivity contribution in [3.05, 3.63) is 12.5 Å². The molecule has 6 nitrogen and oxygen atoms in total. The second kappa shape index (κ2) is 4.01. The Morgan fingerprint density at radius 2 is 2.29 bits per heavy atom. The topological polar surface area (TPSA) is 72.9 Å². The fourth-order valence-corrected chi connectivity index (χ4v) is 1.01. The van der Waals surface area contributed by atoms with Gasteiger partial charge in [0.15, 0.2) is 5.65 Å². The molecular weight excluding hydrogens is 184 g/mol. The maximum Gasteiger partial charge on any atom is 0.318 e. The van der Waals surface area contributed by atoms with E-state index in [0.717, 1.165) is 5.52 Å². The number of H-pyrrole nitrogens is 1. The van der Waals surface area contributed by atoms with Crippen molar-refractivity contribution in [3.8, 4) is 6.01 Å². The van der Waals surface area contributed by atoms with Gasteiger partial charge in [-0.2, -0.15) is 4.98 Å². The van der Waals surface area contributed by atoms with E-state index in [2.05, 4.69) is 19.9 Å². The van der Waals surface area contributed by atoms with E-state index in [1.807, 2.05) is 0 Å². The molecular formula is C8H10N4O2. The number of nitrogens with zero attached hydrogens (tertiary/aromatic N) is 3. The molecule has 1 N–H and O–H groups in total. The molecule has 0 radical (unpaired) electrons. The van der Waals surface area contributed by atoms with Crippen molar-refractivity contribution in [1.82, 2.24) is 19.9 Å². The van der Waals surface area contributed by atoms with Gasteiger partial charge in [0.1, 0.15) is 12.1 Å². The van der Waals surface area contributed by atoms with Crippen LogP contribution < -0.4 is 4.74 Å². The van der Waals surface area contributed by atoms with Crippen molar-refractivity contribution in [1.29, 1.82) is 0 Å². The first kappa shape index (κ1) is 8.89. The van der Waals surface area contributed by atoms with E-state index in [1.165, 1.54) is 0 Å². The number of aromatic nitrogens is 4. The Bertz CT molecular complexity index is 414. The molecule has 0 spiro atoms. The highest BCUT2D eigenvalue weighted by molar-refractivity contribution is 5.68. The van der Waals surface area contributed by atoms with E-state index >= 15 is 0 Å². The normalized spacial score (nSPS) is 10.6. The molecule has 0 aliphatic heterocycles. The fraction of sp³-hybridized carbons (Fsp3) is 0.375. The van der Waals surface area contributed by atoms with Crippen molar-refractivity contribution in [2.75, 3.05) is 20.3 Å². The lowest BCUT2D eigenvalue weighted by atomic mass is 10.6. The Labute approximate surface area is 80.3 Å². The van der Waals surface area contributed by atoms with Gasteiger partial charge < -0.3 is 14.5 Å². The zero-order valence-corrected chi connectivity index (χ0v) is 7.73. The van der Waals surface area contributed by atoms with E-state index in [1.54, 1.807) is 19.6 Å². The lowest BCUT2D eigenvalue weighted by Crippen LogP contribution is -2.06. The van der Waals surface area contributed by atoms with Crippen molar-refractivity contribution >= 4 is 11.2 Å². The van der Waals surface area contributed by atoms with Gasteiger partial charge in [0.25, 0.3) is 0 Å². The van der Waals surface area contributed by atoms with Crippen LogP contribution in [0.15, 0.2) is 12.5 Å². The number of rotatable bonds is 4. The zero-order valence-electron chi connectivity index (χ0n) is 7.73. The van der Waals surface area contributed by atoms with E-state index < -0.39 is 0 Å². The molecule has 2 aromatic rings. The van der Waals surface area contributed by atoms with Gasteiger partial charge in [-0.1, -0.05) is 0 Å². The Morgan fingerprint density at radius 1 is 1.36 bits per heavy atom. The molecule has 2 aromatic heterocycles. The highest BCUT2D eigenvalue weighted by atomic mass is 16.5. The summed E-state index contributed by atoms with van der Waals surface area (Å²) in [5.74, 6) is 0. The van der Waals surface area contributed by atoms with Crippen molar-refractivity contribution in [2.24, 2.45) is 0 Å². The van der Waals surface area contributed by atoms with Gasteiger partial charge in [-0.05, 0) is 0 Å². The first-order valence-electron chi connectivity index (χ1n) is 4.18. The maximum atomic E-state index is 5.22. The van der Waals surface area contributed by atoms with Gasteiger partial charge in [-0.25, -0.2) is 9.97 Å². The third-order valence-electron chi connectivity index (χ3n) is 1.67. The number of methoxy groups -OCH3 is 1. The van der Waals surface area contributed by atoms with Crippen molar-refractivity contribution in [3.63, 3.8) is 0 Å². The Morgan fingerprint density at radius 3 is 3.14 bits per heavy atom. The smallest absolute Gasteiger partial charge is 0.318 e. The van der Waals surface area contributed by atoms with Crippen LogP contribution in [0.4, 0.5) is 0 Å². The van der Waals surface area contributed by atoms with Gasteiger partial charge >= 0.3 is 6.01 Å². The first-order valence-corrected chi connectivity index (χ1v) is 4.18. The molecule has 0 aromatic carbocycles. The minimum Gasteiger partial charge on any atom is -0.461 e. The van der Waals surface area contributed by atoms with Crippen molar-refractivity contribution in [2.45, 2.75) is 0 Å². The summed E-state index contributed by atoms with van der Waals surface area (Å²) < 4.78 is 10.1. The molecule has 0 fully saturated rings. The Hall–Kier alpha value is -1.69. The molecule has 2 heterocycles. The van der Waals surface area contributed by atoms with Gasteiger partial charge in [0.2, 0.25) is 0 Å². The second-order valence-electron chi connectivity index (χ2n) is 2.63. The molecule has 0 amide bonds. The predicted molar refractivity (Wildman–Crippen MR) is 49.1 cm³/mol. The largest absolute Gasteiger partial charge is 0.461 e. The van der Waals surface area contributed by atoms with Crippen LogP contribution in [-0.4, -0.2) is 40.3 Å². The molecule has 0 aliphatic rings. The molecule has 0 aliphatic carbocycles. The number of hydrogen-bond donors (Lipinski definition) is 1. The molecule has 0 saturated carbocycles. The molecule has 74 valence electrons. The molecule has 14 heavy (non-hydrogen) atoms. The number of nitrogens with one attached hydrogen (secondary N) is 1. The lowest BCUT2D eigenvalue weighted by Gasteiger charge is -2.01. The summed E-state index contributed by atoms with van der Waals surface area (Å²) in [5.41, 5.74) is 1.40.